The molecular weight excluding hydrogens is 266 g/mol. The molecule has 1 amide bonds. The van der Waals surface area contributed by atoms with Gasteiger partial charge in [0.25, 0.3) is 0 Å². The van der Waals surface area contributed by atoms with E-state index in [0.717, 1.165) is 37.4 Å². The lowest BCUT2D eigenvalue weighted by molar-refractivity contribution is 0.0974. The number of carbonyl (C=O) groups is 1. The Balaban J connectivity index is 1.69. The fraction of sp³-hybridized carbons (Fsp3) is 0.625. The van der Waals surface area contributed by atoms with Crippen molar-refractivity contribution in [3.63, 3.8) is 0 Å². The maximum absolute atomic E-state index is 11.0. The predicted octanol–water partition coefficient (Wildman–Crippen LogP) is 2.11. The predicted molar refractivity (Wildman–Crippen MR) is 79.9 cm³/mol. The molecule has 1 aromatic heterocycles. The van der Waals surface area contributed by atoms with Crippen molar-refractivity contribution in [3.05, 3.63) is 30.1 Å². The molecule has 3 N–H and O–H groups in total. The summed E-state index contributed by atoms with van der Waals surface area (Å²) in [6.45, 7) is 0.329. The van der Waals surface area contributed by atoms with Crippen molar-refractivity contribution >= 4 is 6.09 Å². The van der Waals surface area contributed by atoms with E-state index in [0.29, 0.717) is 12.6 Å². The molecule has 2 aliphatic carbocycles. The number of hydrogen-bond acceptors (Lipinski definition) is 4. The van der Waals surface area contributed by atoms with Gasteiger partial charge < -0.3 is 15.8 Å². The minimum atomic E-state index is -0.705. The van der Waals surface area contributed by atoms with Crippen molar-refractivity contribution in [1.29, 1.82) is 0 Å². The number of amides is 1. The monoisotopic (exact) mass is 289 g/mol. The van der Waals surface area contributed by atoms with Gasteiger partial charge >= 0.3 is 6.09 Å². The minimum absolute atomic E-state index is 0.183. The largest absolute Gasteiger partial charge is 0.449 e. The summed E-state index contributed by atoms with van der Waals surface area (Å²) in [5, 5.41) is 3.69. The molecule has 0 aliphatic heterocycles. The molecule has 0 aromatic carbocycles. The lowest BCUT2D eigenvalue weighted by Crippen LogP contribution is -2.44. The van der Waals surface area contributed by atoms with Gasteiger partial charge in [-0.2, -0.15) is 0 Å². The van der Waals surface area contributed by atoms with Gasteiger partial charge in [-0.15, -0.1) is 0 Å². The van der Waals surface area contributed by atoms with E-state index in [1.165, 1.54) is 12.8 Å². The number of pyridine rings is 1. The van der Waals surface area contributed by atoms with Gasteiger partial charge in [0.1, 0.15) is 6.61 Å². The van der Waals surface area contributed by atoms with E-state index >= 15 is 0 Å². The Labute approximate surface area is 125 Å². The summed E-state index contributed by atoms with van der Waals surface area (Å²) >= 11 is 0. The first-order chi connectivity index (χ1) is 10.2. The molecule has 1 heterocycles. The molecule has 2 aliphatic rings. The van der Waals surface area contributed by atoms with E-state index < -0.39 is 6.09 Å². The third-order valence-electron chi connectivity index (χ3n) is 4.69. The number of nitrogens with one attached hydrogen (secondary N) is 1. The summed E-state index contributed by atoms with van der Waals surface area (Å²) in [5.74, 6) is 0. The normalized spacial score (nSPS) is 29.0. The highest BCUT2D eigenvalue weighted by Gasteiger charge is 2.40. The lowest BCUT2D eigenvalue weighted by Gasteiger charge is -2.39. The Morgan fingerprint density at radius 2 is 2.00 bits per heavy atom. The van der Waals surface area contributed by atoms with Gasteiger partial charge in [0.05, 0.1) is 0 Å². The summed E-state index contributed by atoms with van der Waals surface area (Å²) in [6.07, 6.45) is 7.85. The van der Waals surface area contributed by atoms with Crippen molar-refractivity contribution in [2.45, 2.75) is 56.0 Å². The van der Waals surface area contributed by atoms with Gasteiger partial charge in [0, 0.05) is 29.4 Å². The molecule has 0 saturated heterocycles. The summed E-state index contributed by atoms with van der Waals surface area (Å²) in [4.78, 5) is 15.5. The molecule has 0 unspecified atom stereocenters. The van der Waals surface area contributed by atoms with Crippen molar-refractivity contribution in [2.75, 3.05) is 6.61 Å². The zero-order valence-corrected chi connectivity index (χ0v) is 12.3. The second kappa shape index (κ2) is 6.02. The lowest BCUT2D eigenvalue weighted by atomic mass is 9.70. The maximum atomic E-state index is 11.0. The molecular formula is C16H23N3O2. The third-order valence-corrected chi connectivity index (χ3v) is 4.69. The summed E-state index contributed by atoms with van der Waals surface area (Å²) in [7, 11) is 0. The summed E-state index contributed by atoms with van der Waals surface area (Å²) < 4.78 is 5.15. The molecule has 21 heavy (non-hydrogen) atoms. The van der Waals surface area contributed by atoms with Crippen LogP contribution < -0.4 is 11.1 Å². The quantitative estimate of drug-likeness (QED) is 0.870. The molecule has 2 saturated carbocycles. The molecule has 0 bridgehead atoms. The number of aromatic nitrogens is 1. The van der Waals surface area contributed by atoms with Crippen LogP contribution in [0, 0.1) is 0 Å². The van der Waals surface area contributed by atoms with Crippen LogP contribution in [0.15, 0.2) is 24.4 Å². The van der Waals surface area contributed by atoms with Crippen molar-refractivity contribution < 1.29 is 9.53 Å². The van der Waals surface area contributed by atoms with Crippen LogP contribution in [0.2, 0.25) is 0 Å². The van der Waals surface area contributed by atoms with E-state index in [4.69, 9.17) is 10.5 Å². The fourth-order valence-corrected chi connectivity index (χ4v) is 3.28. The number of nitrogens with two attached hydrogens (primary N) is 1. The highest BCUT2D eigenvalue weighted by Crippen LogP contribution is 2.39. The number of carbonyl (C=O) groups excluding carboxylic acids is 1. The first-order valence-electron chi connectivity index (χ1n) is 7.78. The van der Waals surface area contributed by atoms with E-state index in [9.17, 15) is 4.79 Å². The second-order valence-corrected chi connectivity index (χ2v) is 6.32. The van der Waals surface area contributed by atoms with Crippen LogP contribution in [-0.2, 0) is 10.2 Å². The van der Waals surface area contributed by atoms with Crippen LogP contribution in [0.4, 0.5) is 4.79 Å². The second-order valence-electron chi connectivity index (χ2n) is 6.32. The van der Waals surface area contributed by atoms with Gasteiger partial charge in [-0.1, -0.05) is 6.07 Å². The van der Waals surface area contributed by atoms with Crippen LogP contribution in [0.25, 0.3) is 0 Å². The molecule has 0 spiro atoms. The van der Waals surface area contributed by atoms with Crippen molar-refractivity contribution in [2.24, 2.45) is 5.73 Å². The summed E-state index contributed by atoms with van der Waals surface area (Å²) in [6, 6.07) is 7.25. The molecule has 3 rings (SSSR count). The zero-order valence-electron chi connectivity index (χ0n) is 12.3. The topological polar surface area (TPSA) is 77.2 Å². The first kappa shape index (κ1) is 14.3. The third kappa shape index (κ3) is 3.53. The number of nitrogens with zero attached hydrogens (tertiary/aromatic N) is 1. The maximum Gasteiger partial charge on any atom is 0.404 e. The number of rotatable bonds is 5. The van der Waals surface area contributed by atoms with Gasteiger partial charge in [-0.05, 0) is 50.7 Å². The van der Waals surface area contributed by atoms with Gasteiger partial charge in [-0.25, -0.2) is 4.79 Å². The van der Waals surface area contributed by atoms with Crippen molar-refractivity contribution in [3.8, 4) is 0 Å². The molecule has 0 radical (unpaired) electrons. The average Bonchev–Trinajstić information content (AvgIpc) is 3.32. The molecule has 2 fully saturated rings. The van der Waals surface area contributed by atoms with E-state index in [2.05, 4.69) is 10.3 Å². The molecule has 1 aromatic rings. The van der Waals surface area contributed by atoms with E-state index in [-0.39, 0.29) is 5.41 Å². The first-order valence-corrected chi connectivity index (χ1v) is 7.78. The number of ether oxygens (including phenoxy) is 1. The summed E-state index contributed by atoms with van der Waals surface area (Å²) in [5.41, 5.74) is 5.98. The van der Waals surface area contributed by atoms with Gasteiger partial charge in [0.15, 0.2) is 0 Å². The highest BCUT2D eigenvalue weighted by atomic mass is 16.5. The Bertz CT molecular complexity index is 480. The zero-order chi connectivity index (χ0) is 14.7. The number of primary amides is 1. The van der Waals surface area contributed by atoms with Crippen LogP contribution >= 0.6 is 0 Å². The Morgan fingerprint density at radius 3 is 2.57 bits per heavy atom. The van der Waals surface area contributed by atoms with Crippen LogP contribution in [0.5, 0.6) is 0 Å². The fourth-order valence-electron chi connectivity index (χ4n) is 3.28. The Kier molecular flexibility index (Phi) is 4.10. The average molecular weight is 289 g/mol. The number of hydrogen-bond donors (Lipinski definition) is 2. The van der Waals surface area contributed by atoms with E-state index in [1.807, 2.05) is 18.2 Å². The molecule has 5 nitrogen and oxygen atoms in total. The Hall–Kier alpha value is -1.62. The molecule has 5 heteroatoms. The minimum Gasteiger partial charge on any atom is -0.449 e. The van der Waals surface area contributed by atoms with Crippen LogP contribution in [0.1, 0.15) is 44.2 Å². The van der Waals surface area contributed by atoms with Gasteiger partial charge in [-0.3, -0.25) is 4.98 Å². The standard InChI is InChI=1S/C16H23N3O2/c17-15(20)21-11-16(14-3-1-2-10-18-14)8-6-13(7-9-16)19-12-4-5-12/h1-3,10,12-13,19H,4-9,11H2,(H2,17,20)/t13-,16-. The Morgan fingerprint density at radius 1 is 1.29 bits per heavy atom. The molecule has 114 valence electrons. The SMILES string of the molecule is NC(=O)OC[C@]1(c2ccccn2)CC[C@H](NC2CC2)CC1. The molecule has 0 atom stereocenters. The van der Waals surface area contributed by atoms with Gasteiger partial charge in [0.2, 0.25) is 0 Å². The smallest absolute Gasteiger partial charge is 0.404 e. The van der Waals surface area contributed by atoms with Crippen molar-refractivity contribution in [1.82, 2.24) is 10.3 Å². The van der Waals surface area contributed by atoms with Crippen LogP contribution in [0.3, 0.4) is 0 Å². The highest BCUT2D eigenvalue weighted by molar-refractivity contribution is 5.64. The van der Waals surface area contributed by atoms with Crippen LogP contribution in [-0.4, -0.2) is 29.8 Å². The van der Waals surface area contributed by atoms with E-state index in [1.54, 1.807) is 6.20 Å².